The molecular weight excluding hydrogens is 460 g/mol. The van der Waals surface area contributed by atoms with Gasteiger partial charge in [-0.05, 0) is 49.4 Å². The molecule has 186 valence electrons. The predicted molar refractivity (Wildman–Crippen MR) is 138 cm³/mol. The van der Waals surface area contributed by atoms with Crippen LogP contribution in [0.5, 0.6) is 11.5 Å². The molecule has 9 heteroatoms. The maximum absolute atomic E-state index is 13.1. The maximum Gasteiger partial charge on any atom is 0.326 e. The number of anilines is 3. The fourth-order valence-electron chi connectivity index (χ4n) is 3.95. The third-order valence-corrected chi connectivity index (χ3v) is 5.69. The van der Waals surface area contributed by atoms with Gasteiger partial charge >= 0.3 is 6.03 Å². The van der Waals surface area contributed by atoms with Crippen molar-refractivity contribution in [3.05, 3.63) is 78.4 Å². The molecule has 0 fully saturated rings. The number of nitrogens with one attached hydrogen (secondary N) is 2. The molecule has 0 atom stereocenters. The third-order valence-electron chi connectivity index (χ3n) is 5.69. The number of nitrogens with zero attached hydrogens (tertiary/aromatic N) is 2. The van der Waals surface area contributed by atoms with E-state index >= 15 is 0 Å². The molecule has 1 heterocycles. The Bertz CT molecular complexity index is 1240. The fraction of sp³-hybridized carbons (Fsp3) is 0.222. The first-order valence-corrected chi connectivity index (χ1v) is 11.6. The number of ether oxygens (including phenoxy) is 2. The van der Waals surface area contributed by atoms with E-state index in [9.17, 15) is 14.4 Å². The Morgan fingerprint density at radius 3 is 2.36 bits per heavy atom. The highest BCUT2D eigenvalue weighted by molar-refractivity contribution is 6.15. The van der Waals surface area contributed by atoms with E-state index in [0.717, 1.165) is 5.56 Å². The van der Waals surface area contributed by atoms with Crippen LogP contribution in [0.25, 0.3) is 0 Å². The van der Waals surface area contributed by atoms with E-state index in [-0.39, 0.29) is 31.4 Å². The number of methoxy groups -OCH3 is 1. The van der Waals surface area contributed by atoms with E-state index in [0.29, 0.717) is 35.2 Å². The lowest BCUT2D eigenvalue weighted by atomic mass is 10.1. The molecule has 9 nitrogen and oxygen atoms in total. The lowest BCUT2D eigenvalue weighted by Gasteiger charge is -2.35. The smallest absolute Gasteiger partial charge is 0.326 e. The number of fused-ring (bicyclic) bond motifs is 1. The van der Waals surface area contributed by atoms with Gasteiger partial charge in [0.15, 0.2) is 0 Å². The zero-order chi connectivity index (χ0) is 25.5. The van der Waals surface area contributed by atoms with Crippen LogP contribution >= 0.6 is 0 Å². The molecular formula is C27H28N4O5. The average molecular weight is 489 g/mol. The lowest BCUT2D eigenvalue weighted by molar-refractivity contribution is -0.123. The number of hydrogen-bond acceptors (Lipinski definition) is 5. The second-order valence-electron chi connectivity index (χ2n) is 8.03. The number of carbonyl (C=O) groups excluding carboxylic acids is 3. The minimum absolute atomic E-state index is 0.167. The van der Waals surface area contributed by atoms with Gasteiger partial charge in [-0.15, -0.1) is 0 Å². The van der Waals surface area contributed by atoms with Crippen LogP contribution in [0, 0.1) is 0 Å². The van der Waals surface area contributed by atoms with Crippen molar-refractivity contribution in [3.63, 3.8) is 0 Å². The molecule has 0 saturated heterocycles. The van der Waals surface area contributed by atoms with E-state index < -0.39 is 6.03 Å². The number of hydrogen-bond donors (Lipinski definition) is 2. The minimum atomic E-state index is -0.444. The van der Waals surface area contributed by atoms with Crippen molar-refractivity contribution in [3.8, 4) is 11.5 Å². The Hall–Kier alpha value is -4.53. The third kappa shape index (κ3) is 5.57. The van der Waals surface area contributed by atoms with E-state index in [2.05, 4.69) is 10.6 Å². The lowest BCUT2D eigenvalue weighted by Crippen LogP contribution is -2.51. The summed E-state index contributed by atoms with van der Waals surface area (Å²) in [7, 11) is 1.57. The van der Waals surface area contributed by atoms with Gasteiger partial charge in [0.1, 0.15) is 24.6 Å². The number of amides is 4. The Morgan fingerprint density at radius 2 is 1.64 bits per heavy atom. The zero-order valence-corrected chi connectivity index (χ0v) is 20.2. The first-order valence-electron chi connectivity index (χ1n) is 11.6. The summed E-state index contributed by atoms with van der Waals surface area (Å²) >= 11 is 0. The summed E-state index contributed by atoms with van der Waals surface area (Å²) in [6.45, 7) is 2.35. The van der Waals surface area contributed by atoms with Crippen molar-refractivity contribution < 1.29 is 23.9 Å². The summed E-state index contributed by atoms with van der Waals surface area (Å²) in [5.74, 6) is 0.694. The quantitative estimate of drug-likeness (QED) is 0.503. The average Bonchev–Trinajstić information content (AvgIpc) is 2.90. The normalized spacial score (nSPS) is 12.6. The molecule has 0 unspecified atom stereocenters. The molecule has 1 aliphatic rings. The van der Waals surface area contributed by atoms with Gasteiger partial charge in [0.25, 0.3) is 0 Å². The summed E-state index contributed by atoms with van der Waals surface area (Å²) in [6, 6.07) is 21.0. The molecule has 0 saturated carbocycles. The van der Waals surface area contributed by atoms with Crippen molar-refractivity contribution in [1.82, 2.24) is 5.32 Å². The molecule has 36 heavy (non-hydrogen) atoms. The van der Waals surface area contributed by atoms with Crippen LogP contribution in [0.4, 0.5) is 21.9 Å². The maximum atomic E-state index is 13.1. The zero-order valence-electron chi connectivity index (χ0n) is 20.2. The van der Waals surface area contributed by atoms with Crippen LogP contribution < -0.4 is 29.9 Å². The largest absolute Gasteiger partial charge is 0.496 e. The standard InChI is InChI=1S/C27H28N4O5/c1-3-36-21-14-12-20(13-15-21)29-27(34)31-18-26(33)30(22-9-5-6-10-23(22)31)17-25(32)28-16-19-8-4-7-11-24(19)35-2/h4-15H,3,16-18H2,1-2H3,(H,28,32)(H,29,34). The first-order chi connectivity index (χ1) is 17.5. The summed E-state index contributed by atoms with van der Waals surface area (Å²) in [5, 5.41) is 5.65. The molecule has 2 N–H and O–H groups in total. The molecule has 4 rings (SSSR count). The van der Waals surface area contributed by atoms with Crippen molar-refractivity contribution in [2.75, 3.05) is 41.9 Å². The van der Waals surface area contributed by atoms with E-state index in [1.54, 1.807) is 55.6 Å². The molecule has 0 spiro atoms. The van der Waals surface area contributed by atoms with Gasteiger partial charge in [-0.3, -0.25) is 19.4 Å². The van der Waals surface area contributed by atoms with Crippen molar-refractivity contribution in [2.45, 2.75) is 13.5 Å². The van der Waals surface area contributed by atoms with Crippen LogP contribution in [-0.2, 0) is 16.1 Å². The van der Waals surface area contributed by atoms with E-state index in [1.807, 2.05) is 31.2 Å². The molecule has 4 amide bonds. The van der Waals surface area contributed by atoms with Crippen molar-refractivity contribution in [1.29, 1.82) is 0 Å². The molecule has 1 aliphatic heterocycles. The van der Waals surface area contributed by atoms with Gasteiger partial charge < -0.3 is 20.1 Å². The number of rotatable bonds is 8. The van der Waals surface area contributed by atoms with E-state index in [4.69, 9.17) is 9.47 Å². The van der Waals surface area contributed by atoms with Gasteiger partial charge in [-0.1, -0.05) is 30.3 Å². The van der Waals surface area contributed by atoms with Gasteiger partial charge in [0.2, 0.25) is 11.8 Å². The molecule has 0 bridgehead atoms. The van der Waals surface area contributed by atoms with Crippen molar-refractivity contribution in [2.24, 2.45) is 0 Å². The number of para-hydroxylation sites is 3. The summed E-state index contributed by atoms with van der Waals surface area (Å²) < 4.78 is 10.7. The van der Waals surface area contributed by atoms with Crippen LogP contribution in [-0.4, -0.2) is 44.7 Å². The summed E-state index contributed by atoms with van der Waals surface area (Å²) in [4.78, 5) is 41.6. The first kappa shape index (κ1) is 24.6. The summed E-state index contributed by atoms with van der Waals surface area (Å²) in [6.07, 6.45) is 0. The number of urea groups is 1. The monoisotopic (exact) mass is 488 g/mol. The minimum Gasteiger partial charge on any atom is -0.496 e. The van der Waals surface area contributed by atoms with Crippen LogP contribution in [0.3, 0.4) is 0 Å². The highest BCUT2D eigenvalue weighted by atomic mass is 16.5. The van der Waals surface area contributed by atoms with Gasteiger partial charge in [-0.2, -0.15) is 0 Å². The van der Waals surface area contributed by atoms with Gasteiger partial charge in [0, 0.05) is 17.8 Å². The second kappa shape index (κ2) is 11.3. The predicted octanol–water partition coefficient (Wildman–Crippen LogP) is 3.80. The highest BCUT2D eigenvalue weighted by Gasteiger charge is 2.33. The molecule has 0 aliphatic carbocycles. The topological polar surface area (TPSA) is 100 Å². The molecule has 3 aromatic carbocycles. The Labute approximate surface area is 209 Å². The molecule has 0 aromatic heterocycles. The number of benzene rings is 3. The highest BCUT2D eigenvalue weighted by Crippen LogP contribution is 2.33. The SMILES string of the molecule is CCOc1ccc(NC(=O)N2CC(=O)N(CC(=O)NCc3ccccc3OC)c3ccccc32)cc1. The second-order valence-corrected chi connectivity index (χ2v) is 8.03. The van der Waals surface area contributed by atoms with Gasteiger partial charge in [0.05, 0.1) is 25.1 Å². The molecule has 0 radical (unpaired) electrons. The Morgan fingerprint density at radius 1 is 0.944 bits per heavy atom. The van der Waals surface area contributed by atoms with Crippen molar-refractivity contribution >= 4 is 34.9 Å². The van der Waals surface area contributed by atoms with E-state index in [1.165, 1.54) is 9.80 Å². The Kier molecular flexibility index (Phi) is 7.69. The van der Waals surface area contributed by atoms with Crippen LogP contribution in [0.2, 0.25) is 0 Å². The van der Waals surface area contributed by atoms with Crippen LogP contribution in [0.15, 0.2) is 72.8 Å². The van der Waals surface area contributed by atoms with Gasteiger partial charge in [-0.25, -0.2) is 4.79 Å². The number of carbonyl (C=O) groups is 3. The summed E-state index contributed by atoms with van der Waals surface area (Å²) in [5.41, 5.74) is 2.43. The molecule has 3 aromatic rings. The van der Waals surface area contributed by atoms with Crippen LogP contribution in [0.1, 0.15) is 12.5 Å². The fourth-order valence-corrected chi connectivity index (χ4v) is 3.95. The Balaban J connectivity index is 1.45.